The van der Waals surface area contributed by atoms with Crippen molar-refractivity contribution in [2.45, 2.75) is 6.92 Å². The first kappa shape index (κ1) is 6.20. The maximum absolute atomic E-state index is 4.91. The number of hydrogen-bond donors (Lipinski definition) is 1. The first-order valence-electron chi connectivity index (χ1n) is 2.90. The second kappa shape index (κ2) is 2.58. The highest BCUT2D eigenvalue weighted by molar-refractivity contribution is 5.13. The number of nitrogens with one attached hydrogen (secondary N) is 1. The fourth-order valence-electron chi connectivity index (χ4n) is 0.642. The summed E-state index contributed by atoms with van der Waals surface area (Å²) in [5.74, 6) is 0.792. The third-order valence-corrected chi connectivity index (χ3v) is 1.20. The van der Waals surface area contributed by atoms with Gasteiger partial charge in [-0.15, -0.1) is 0 Å². The highest BCUT2D eigenvalue weighted by Gasteiger charge is 1.98. The number of allylic oxidation sites excluding steroid dienone is 2. The Morgan fingerprint density at radius 2 is 2.56 bits per heavy atom. The average Bonchev–Trinajstić information content (AvgIpc) is 1.90. The van der Waals surface area contributed by atoms with Gasteiger partial charge in [-0.25, -0.2) is 0 Å². The Hall–Kier alpha value is -0.920. The molecular weight excluding hydrogens is 114 g/mol. The maximum Gasteiger partial charge on any atom is 0.187 e. The zero-order valence-electron chi connectivity index (χ0n) is 5.69. The summed E-state index contributed by atoms with van der Waals surface area (Å²) in [6.45, 7) is 2.87. The highest BCUT2D eigenvalue weighted by Crippen LogP contribution is 2.00. The van der Waals surface area contributed by atoms with Crippen molar-refractivity contribution in [3.63, 3.8) is 0 Å². The molecule has 0 unspecified atom stereocenters. The van der Waals surface area contributed by atoms with Crippen molar-refractivity contribution in [1.82, 2.24) is 5.32 Å². The molecule has 0 atom stereocenters. The van der Waals surface area contributed by atoms with Crippen molar-refractivity contribution in [3.05, 3.63) is 23.6 Å². The van der Waals surface area contributed by atoms with E-state index in [4.69, 9.17) is 4.74 Å². The highest BCUT2D eigenvalue weighted by atomic mass is 16.5. The van der Waals surface area contributed by atoms with Crippen LogP contribution in [0, 0.1) is 6.08 Å². The fraction of sp³-hybridized carbons (Fsp3) is 0.429. The maximum atomic E-state index is 4.91. The van der Waals surface area contributed by atoms with Gasteiger partial charge in [0.15, 0.2) is 5.88 Å². The summed E-state index contributed by atoms with van der Waals surface area (Å²) in [6.07, 6.45) is 4.85. The van der Waals surface area contributed by atoms with Gasteiger partial charge in [0, 0.05) is 12.6 Å². The standard InChI is InChI=1S/C7H10NO/c1-6-3-4-7(9-2)8-5-6/h4,8H,5H2,1-2H3. The zero-order chi connectivity index (χ0) is 6.69. The molecule has 49 valence electrons. The van der Waals surface area contributed by atoms with Crippen molar-refractivity contribution < 1.29 is 4.74 Å². The molecule has 0 saturated carbocycles. The van der Waals surface area contributed by atoms with Gasteiger partial charge in [0.2, 0.25) is 0 Å². The molecule has 0 fully saturated rings. The van der Waals surface area contributed by atoms with Crippen molar-refractivity contribution in [1.29, 1.82) is 0 Å². The van der Waals surface area contributed by atoms with Crippen LogP contribution in [0.1, 0.15) is 6.92 Å². The third-order valence-electron chi connectivity index (χ3n) is 1.20. The van der Waals surface area contributed by atoms with Gasteiger partial charge in [-0.2, -0.15) is 0 Å². The van der Waals surface area contributed by atoms with Crippen molar-refractivity contribution in [2.75, 3.05) is 13.7 Å². The van der Waals surface area contributed by atoms with Crippen LogP contribution in [-0.2, 0) is 4.74 Å². The lowest BCUT2D eigenvalue weighted by Gasteiger charge is -2.12. The summed E-state index contributed by atoms with van der Waals surface area (Å²) in [7, 11) is 1.64. The van der Waals surface area contributed by atoms with E-state index in [9.17, 15) is 0 Å². The lowest BCUT2D eigenvalue weighted by molar-refractivity contribution is 0.262. The van der Waals surface area contributed by atoms with E-state index in [1.807, 2.05) is 6.92 Å². The van der Waals surface area contributed by atoms with E-state index >= 15 is 0 Å². The molecule has 1 aliphatic heterocycles. The molecule has 1 rings (SSSR count). The molecule has 9 heavy (non-hydrogen) atoms. The zero-order valence-corrected chi connectivity index (χ0v) is 5.69. The molecule has 0 aliphatic carbocycles. The number of ether oxygens (including phenoxy) is 1. The second-order valence-electron chi connectivity index (χ2n) is 1.99. The minimum absolute atomic E-state index is 0.792. The van der Waals surface area contributed by atoms with Gasteiger partial charge in [0.25, 0.3) is 0 Å². The largest absolute Gasteiger partial charge is 0.482 e. The minimum atomic E-state index is 0.792. The first-order chi connectivity index (χ1) is 4.33. The molecule has 1 aliphatic rings. The van der Waals surface area contributed by atoms with Gasteiger partial charge >= 0.3 is 0 Å². The number of dihydropyridines is 1. The number of rotatable bonds is 1. The SMILES string of the molecule is COC1=C[C]=C(C)CN1. The van der Waals surface area contributed by atoms with E-state index in [1.165, 1.54) is 5.57 Å². The third kappa shape index (κ3) is 1.49. The van der Waals surface area contributed by atoms with Gasteiger partial charge in [0.05, 0.1) is 7.11 Å². The topological polar surface area (TPSA) is 21.3 Å². The Labute approximate surface area is 55.2 Å². The van der Waals surface area contributed by atoms with Crippen LogP contribution in [0.2, 0.25) is 0 Å². The minimum Gasteiger partial charge on any atom is -0.482 e. The van der Waals surface area contributed by atoms with Gasteiger partial charge in [-0.05, 0) is 18.6 Å². The van der Waals surface area contributed by atoms with Gasteiger partial charge in [0.1, 0.15) is 0 Å². The van der Waals surface area contributed by atoms with Crippen LogP contribution in [0.15, 0.2) is 17.5 Å². The van der Waals surface area contributed by atoms with Crippen LogP contribution >= 0.6 is 0 Å². The van der Waals surface area contributed by atoms with E-state index in [-0.39, 0.29) is 0 Å². The van der Waals surface area contributed by atoms with Crippen LogP contribution in [0.3, 0.4) is 0 Å². The van der Waals surface area contributed by atoms with Crippen LogP contribution in [-0.4, -0.2) is 13.7 Å². The number of hydrogen-bond acceptors (Lipinski definition) is 2. The summed E-state index contributed by atoms with van der Waals surface area (Å²) in [4.78, 5) is 0. The monoisotopic (exact) mass is 124 g/mol. The molecule has 1 N–H and O–H groups in total. The van der Waals surface area contributed by atoms with Crippen molar-refractivity contribution >= 4 is 0 Å². The Morgan fingerprint density at radius 1 is 1.78 bits per heavy atom. The normalized spacial score (nSPS) is 17.6. The van der Waals surface area contributed by atoms with Crippen molar-refractivity contribution in [2.24, 2.45) is 0 Å². The first-order valence-corrected chi connectivity index (χ1v) is 2.90. The molecule has 0 aromatic heterocycles. The number of methoxy groups -OCH3 is 1. The Kier molecular flexibility index (Phi) is 1.78. The van der Waals surface area contributed by atoms with Crippen molar-refractivity contribution in [3.8, 4) is 0 Å². The molecule has 0 aromatic carbocycles. The molecule has 0 aromatic rings. The van der Waals surface area contributed by atoms with Crippen LogP contribution in [0.5, 0.6) is 0 Å². The lowest BCUT2D eigenvalue weighted by atomic mass is 10.2. The van der Waals surface area contributed by atoms with Gasteiger partial charge < -0.3 is 10.1 Å². The van der Waals surface area contributed by atoms with E-state index in [2.05, 4.69) is 11.4 Å². The summed E-state index contributed by atoms with van der Waals surface area (Å²) >= 11 is 0. The molecule has 0 saturated heterocycles. The summed E-state index contributed by atoms with van der Waals surface area (Å²) in [6, 6.07) is 0. The Morgan fingerprint density at radius 3 is 3.00 bits per heavy atom. The predicted octanol–water partition coefficient (Wildman–Crippen LogP) is 0.827. The smallest absolute Gasteiger partial charge is 0.187 e. The summed E-state index contributed by atoms with van der Waals surface area (Å²) in [5.41, 5.74) is 1.20. The summed E-state index contributed by atoms with van der Waals surface area (Å²) in [5, 5.41) is 3.06. The lowest BCUT2D eigenvalue weighted by Crippen LogP contribution is -2.19. The molecule has 0 spiro atoms. The van der Waals surface area contributed by atoms with Crippen LogP contribution in [0.25, 0.3) is 0 Å². The van der Waals surface area contributed by atoms with E-state index in [1.54, 1.807) is 13.2 Å². The fourth-order valence-corrected chi connectivity index (χ4v) is 0.642. The molecule has 1 heterocycles. The quantitative estimate of drug-likeness (QED) is 0.559. The predicted molar refractivity (Wildman–Crippen MR) is 35.5 cm³/mol. The second-order valence-corrected chi connectivity index (χ2v) is 1.99. The van der Waals surface area contributed by atoms with Crippen LogP contribution < -0.4 is 5.32 Å². The van der Waals surface area contributed by atoms with E-state index < -0.39 is 0 Å². The molecular formula is C7H10NO. The molecule has 0 amide bonds. The van der Waals surface area contributed by atoms with Gasteiger partial charge in [-0.1, -0.05) is 0 Å². The molecule has 1 radical (unpaired) electrons. The Balaban J connectivity index is 2.59. The molecule has 2 heteroatoms. The van der Waals surface area contributed by atoms with E-state index in [0.29, 0.717) is 0 Å². The summed E-state index contributed by atoms with van der Waals surface area (Å²) < 4.78 is 4.91. The molecule has 2 nitrogen and oxygen atoms in total. The van der Waals surface area contributed by atoms with Crippen LogP contribution in [0.4, 0.5) is 0 Å². The average molecular weight is 124 g/mol. The molecule has 0 bridgehead atoms. The van der Waals surface area contributed by atoms with Gasteiger partial charge in [-0.3, -0.25) is 0 Å². The Bertz CT molecular complexity index is 158. The van der Waals surface area contributed by atoms with E-state index in [0.717, 1.165) is 12.4 Å².